The number of hydrogen-bond donors (Lipinski definition) is 0. The molecule has 4 bridgehead atoms. The molecule has 4 aliphatic carbocycles. The monoisotopic (exact) mass is 298 g/mol. The Bertz CT molecular complexity index is 596. The normalized spacial score (nSPS) is 36.1. The van der Waals surface area contributed by atoms with E-state index in [1.165, 1.54) is 38.5 Å². The summed E-state index contributed by atoms with van der Waals surface area (Å²) in [5.74, 6) is 9.78. The lowest BCUT2D eigenvalue weighted by Gasteiger charge is -2.54. The quantitative estimate of drug-likeness (QED) is 0.545. The standard InChI is InChI=1S/C19H19ClO/c20-18(21)17-3-1-13(2-4-17)5-6-19-10-14-7-15(11-19)9-16(8-14)12-19/h1-4,14-16H,7-12H2. The zero-order chi connectivity index (χ0) is 14.4. The molecule has 1 nitrogen and oxygen atoms in total. The molecule has 4 saturated carbocycles. The number of benzene rings is 1. The van der Waals surface area contributed by atoms with Crippen molar-refractivity contribution in [1.82, 2.24) is 0 Å². The second-order valence-electron chi connectivity index (χ2n) is 7.30. The number of hydrogen-bond acceptors (Lipinski definition) is 1. The Morgan fingerprint density at radius 2 is 1.52 bits per heavy atom. The SMILES string of the molecule is O=C(Cl)c1ccc(C#CC23CC4CC(CC(C4)C2)C3)cc1. The Hall–Kier alpha value is -1.26. The zero-order valence-corrected chi connectivity index (χ0v) is 12.8. The van der Waals surface area contributed by atoms with E-state index in [-0.39, 0.29) is 5.41 Å². The van der Waals surface area contributed by atoms with E-state index in [1.54, 1.807) is 12.1 Å². The number of carbonyl (C=O) groups excluding carboxylic acids is 1. The van der Waals surface area contributed by atoms with E-state index in [9.17, 15) is 4.79 Å². The summed E-state index contributed by atoms with van der Waals surface area (Å²) in [5, 5.41) is -0.407. The molecule has 0 saturated heterocycles. The molecule has 0 unspecified atom stereocenters. The molecule has 4 aliphatic rings. The summed E-state index contributed by atoms with van der Waals surface area (Å²) in [6.45, 7) is 0. The second kappa shape index (κ2) is 4.89. The molecular formula is C19H19ClO. The Balaban J connectivity index is 1.57. The average molecular weight is 299 g/mol. The lowest BCUT2D eigenvalue weighted by Crippen LogP contribution is -2.45. The van der Waals surface area contributed by atoms with Crippen LogP contribution < -0.4 is 0 Å². The molecule has 0 amide bonds. The van der Waals surface area contributed by atoms with Crippen molar-refractivity contribution in [2.24, 2.45) is 23.2 Å². The minimum Gasteiger partial charge on any atom is -0.276 e. The smallest absolute Gasteiger partial charge is 0.252 e. The average Bonchev–Trinajstić information content (AvgIpc) is 2.44. The summed E-state index contributed by atoms with van der Waals surface area (Å²) in [7, 11) is 0. The highest BCUT2D eigenvalue weighted by Crippen LogP contribution is 2.59. The van der Waals surface area contributed by atoms with Crippen molar-refractivity contribution in [2.75, 3.05) is 0 Å². The van der Waals surface area contributed by atoms with E-state index >= 15 is 0 Å². The molecule has 1 aromatic rings. The lowest BCUT2D eigenvalue weighted by atomic mass is 9.50. The first kappa shape index (κ1) is 13.4. The fraction of sp³-hybridized carbons (Fsp3) is 0.526. The van der Waals surface area contributed by atoms with E-state index < -0.39 is 5.24 Å². The van der Waals surface area contributed by atoms with Gasteiger partial charge in [0.05, 0.1) is 0 Å². The van der Waals surface area contributed by atoms with E-state index in [0.717, 1.165) is 23.3 Å². The van der Waals surface area contributed by atoms with Gasteiger partial charge in [0.15, 0.2) is 0 Å². The van der Waals surface area contributed by atoms with Crippen LogP contribution in [0, 0.1) is 35.0 Å². The summed E-state index contributed by atoms with van der Waals surface area (Å²) >= 11 is 5.47. The number of carbonyl (C=O) groups is 1. The predicted molar refractivity (Wildman–Crippen MR) is 84.1 cm³/mol. The summed E-state index contributed by atoms with van der Waals surface area (Å²) < 4.78 is 0. The molecule has 0 N–H and O–H groups in total. The van der Waals surface area contributed by atoms with E-state index in [4.69, 9.17) is 11.6 Å². The lowest BCUT2D eigenvalue weighted by molar-refractivity contribution is -0.0181. The van der Waals surface area contributed by atoms with Crippen molar-refractivity contribution in [3.05, 3.63) is 35.4 Å². The van der Waals surface area contributed by atoms with Gasteiger partial charge in [-0.15, -0.1) is 0 Å². The molecule has 108 valence electrons. The molecule has 0 heterocycles. The van der Waals surface area contributed by atoms with Gasteiger partial charge in [-0.1, -0.05) is 11.8 Å². The minimum absolute atomic E-state index is 0.287. The first-order valence-corrected chi connectivity index (χ1v) is 8.33. The van der Waals surface area contributed by atoms with Gasteiger partial charge in [-0.25, -0.2) is 0 Å². The molecule has 4 fully saturated rings. The van der Waals surface area contributed by atoms with Gasteiger partial charge in [0.1, 0.15) is 0 Å². The summed E-state index contributed by atoms with van der Waals surface area (Å²) in [6.07, 6.45) is 8.28. The van der Waals surface area contributed by atoms with Crippen LogP contribution in [-0.2, 0) is 0 Å². The van der Waals surface area contributed by atoms with Gasteiger partial charge in [-0.3, -0.25) is 4.79 Å². The summed E-state index contributed by atoms with van der Waals surface area (Å²) in [5.41, 5.74) is 1.82. The van der Waals surface area contributed by atoms with Crippen molar-refractivity contribution < 1.29 is 4.79 Å². The highest BCUT2D eigenvalue weighted by Gasteiger charge is 2.50. The van der Waals surface area contributed by atoms with Crippen LogP contribution in [0.3, 0.4) is 0 Å². The van der Waals surface area contributed by atoms with Crippen LogP contribution in [0.1, 0.15) is 54.4 Å². The molecule has 2 heteroatoms. The van der Waals surface area contributed by atoms with E-state index in [2.05, 4.69) is 11.8 Å². The number of halogens is 1. The maximum absolute atomic E-state index is 11.1. The highest BCUT2D eigenvalue weighted by molar-refractivity contribution is 6.67. The van der Waals surface area contributed by atoms with E-state index in [0.29, 0.717) is 5.56 Å². The van der Waals surface area contributed by atoms with Gasteiger partial charge in [0.25, 0.3) is 5.24 Å². The first-order valence-electron chi connectivity index (χ1n) is 7.95. The highest BCUT2D eigenvalue weighted by atomic mass is 35.5. The van der Waals surface area contributed by atoms with Gasteiger partial charge in [-0.05, 0) is 92.1 Å². The maximum Gasteiger partial charge on any atom is 0.252 e. The van der Waals surface area contributed by atoms with Gasteiger partial charge in [-0.2, -0.15) is 0 Å². The van der Waals surface area contributed by atoms with Gasteiger partial charge >= 0.3 is 0 Å². The fourth-order valence-electron chi connectivity index (χ4n) is 5.15. The Labute approximate surface area is 131 Å². The first-order chi connectivity index (χ1) is 10.1. The van der Waals surface area contributed by atoms with Crippen LogP contribution in [0.15, 0.2) is 24.3 Å². The Morgan fingerprint density at radius 1 is 1.00 bits per heavy atom. The Morgan fingerprint density at radius 3 is 2.00 bits per heavy atom. The van der Waals surface area contributed by atoms with Crippen LogP contribution in [0.4, 0.5) is 0 Å². The summed E-state index contributed by atoms with van der Waals surface area (Å²) in [4.78, 5) is 11.1. The molecule has 21 heavy (non-hydrogen) atoms. The van der Waals surface area contributed by atoms with Gasteiger partial charge in [0, 0.05) is 16.5 Å². The van der Waals surface area contributed by atoms with Crippen LogP contribution in [0.2, 0.25) is 0 Å². The van der Waals surface area contributed by atoms with Crippen molar-refractivity contribution >= 4 is 16.8 Å². The number of rotatable bonds is 1. The van der Waals surface area contributed by atoms with Crippen LogP contribution in [0.25, 0.3) is 0 Å². The third-order valence-electron chi connectivity index (χ3n) is 5.62. The topological polar surface area (TPSA) is 17.1 Å². The molecular weight excluding hydrogens is 280 g/mol. The van der Waals surface area contributed by atoms with Crippen LogP contribution in [-0.4, -0.2) is 5.24 Å². The fourth-order valence-corrected chi connectivity index (χ4v) is 5.28. The minimum atomic E-state index is -0.407. The molecule has 5 rings (SSSR count). The van der Waals surface area contributed by atoms with E-state index in [1.807, 2.05) is 12.1 Å². The second-order valence-corrected chi connectivity index (χ2v) is 7.64. The molecule has 0 atom stereocenters. The molecule has 0 aliphatic heterocycles. The van der Waals surface area contributed by atoms with Crippen molar-refractivity contribution in [3.63, 3.8) is 0 Å². The van der Waals surface area contributed by atoms with Gasteiger partial charge < -0.3 is 0 Å². The third kappa shape index (κ3) is 2.51. The van der Waals surface area contributed by atoms with Gasteiger partial charge in [0.2, 0.25) is 0 Å². The zero-order valence-electron chi connectivity index (χ0n) is 12.1. The van der Waals surface area contributed by atoms with Crippen molar-refractivity contribution in [2.45, 2.75) is 38.5 Å². The predicted octanol–water partition coefficient (Wildman–Crippen LogP) is 4.63. The van der Waals surface area contributed by atoms with Crippen LogP contribution >= 0.6 is 11.6 Å². The van der Waals surface area contributed by atoms with Crippen molar-refractivity contribution in [1.29, 1.82) is 0 Å². The molecule has 0 aromatic heterocycles. The molecule has 0 spiro atoms. The third-order valence-corrected chi connectivity index (χ3v) is 5.84. The summed E-state index contributed by atoms with van der Waals surface area (Å²) in [6, 6.07) is 7.34. The van der Waals surface area contributed by atoms with Crippen molar-refractivity contribution in [3.8, 4) is 11.8 Å². The maximum atomic E-state index is 11.1. The van der Waals surface area contributed by atoms with Crippen LogP contribution in [0.5, 0.6) is 0 Å². The molecule has 0 radical (unpaired) electrons. The Kier molecular flexibility index (Phi) is 3.12. The largest absolute Gasteiger partial charge is 0.276 e. The molecule has 1 aromatic carbocycles.